The zero-order valence-corrected chi connectivity index (χ0v) is 20.5. The third kappa shape index (κ3) is 5.96. The molecule has 0 radical (unpaired) electrons. The lowest BCUT2D eigenvalue weighted by molar-refractivity contribution is 0.0779. The predicted molar refractivity (Wildman–Crippen MR) is 138 cm³/mol. The van der Waals surface area contributed by atoms with Crippen LogP contribution in [0.3, 0.4) is 0 Å². The molecule has 0 aromatic heterocycles. The summed E-state index contributed by atoms with van der Waals surface area (Å²) in [6, 6.07) is 21.2. The van der Waals surface area contributed by atoms with Crippen LogP contribution in [0.4, 0.5) is 0 Å². The van der Waals surface area contributed by atoms with Gasteiger partial charge in [0.05, 0.1) is 0 Å². The zero-order chi connectivity index (χ0) is 24.8. The van der Waals surface area contributed by atoms with Crippen LogP contribution in [0, 0.1) is 0 Å². The molecular formula is C29H33NO5. The molecule has 0 bridgehead atoms. The van der Waals surface area contributed by atoms with Crippen molar-refractivity contribution >= 4 is 11.1 Å². The Morgan fingerprint density at radius 2 is 1.54 bits per heavy atom. The maximum atomic E-state index is 10.2. The van der Waals surface area contributed by atoms with Crippen molar-refractivity contribution < 1.29 is 24.4 Å². The number of hydrogen-bond donors (Lipinski definition) is 2. The van der Waals surface area contributed by atoms with Crippen molar-refractivity contribution in [1.29, 1.82) is 0 Å². The number of fused-ring (bicyclic) bond motifs is 1. The van der Waals surface area contributed by atoms with E-state index in [1.165, 1.54) is 0 Å². The molecule has 2 N–H and O–H groups in total. The fourth-order valence-corrected chi connectivity index (χ4v) is 4.20. The number of aliphatic hydroxyl groups is 1. The number of nitrogens with zero attached hydrogens (tertiary/aromatic N) is 1. The number of phenolic OH excluding ortho intramolecular Hbond substituents is 1. The lowest BCUT2D eigenvalue weighted by Crippen LogP contribution is -2.32. The van der Waals surface area contributed by atoms with E-state index < -0.39 is 6.10 Å². The lowest BCUT2D eigenvalue weighted by Gasteiger charge is -2.19. The summed E-state index contributed by atoms with van der Waals surface area (Å²) < 4.78 is 16.9. The molecule has 1 unspecified atom stereocenters. The standard InChI is InChI=1S/C29H33NO5/c1-4-26(22-10-15-27-28(16-22)35-19-34-27)29(20-6-11-23(31)12-7-20)21-8-13-25(14-9-21)33-18-24(32)17-30(3)5-2/h6-16,24,31-32H,4-5,17-19H2,1-3H3/b29-26+. The number of rotatable bonds is 10. The van der Waals surface area contributed by atoms with Crippen LogP contribution >= 0.6 is 0 Å². The van der Waals surface area contributed by atoms with E-state index in [2.05, 4.69) is 19.9 Å². The number of hydrogen-bond acceptors (Lipinski definition) is 6. The Bertz CT molecular complexity index is 1150. The summed E-state index contributed by atoms with van der Waals surface area (Å²) in [4.78, 5) is 2.05. The highest BCUT2D eigenvalue weighted by Gasteiger charge is 2.18. The third-order valence-electron chi connectivity index (χ3n) is 6.18. The Kier molecular flexibility index (Phi) is 7.95. The van der Waals surface area contributed by atoms with E-state index in [9.17, 15) is 10.2 Å². The van der Waals surface area contributed by atoms with Gasteiger partial charge in [-0.25, -0.2) is 0 Å². The van der Waals surface area contributed by atoms with Crippen LogP contribution in [0.15, 0.2) is 66.7 Å². The molecule has 184 valence electrons. The van der Waals surface area contributed by atoms with Crippen LogP contribution in [-0.4, -0.2) is 54.8 Å². The van der Waals surface area contributed by atoms with Gasteiger partial charge in [-0.05, 0) is 84.2 Å². The molecule has 0 aliphatic carbocycles. The first-order chi connectivity index (χ1) is 17.0. The van der Waals surface area contributed by atoms with Gasteiger partial charge in [0, 0.05) is 6.54 Å². The second-order valence-electron chi connectivity index (χ2n) is 8.67. The van der Waals surface area contributed by atoms with Crippen molar-refractivity contribution in [2.24, 2.45) is 0 Å². The SMILES string of the molecule is CC/C(=C(/c1ccc(O)cc1)c1ccc(OCC(O)CN(C)CC)cc1)c1ccc2c(c1)OCO2. The molecule has 3 aromatic carbocycles. The first kappa shape index (κ1) is 24.6. The molecule has 0 amide bonds. The van der Waals surface area contributed by atoms with E-state index in [0.29, 0.717) is 12.3 Å². The first-order valence-electron chi connectivity index (χ1n) is 12.0. The molecule has 35 heavy (non-hydrogen) atoms. The van der Waals surface area contributed by atoms with Gasteiger partial charge in [-0.15, -0.1) is 0 Å². The average Bonchev–Trinajstić information content (AvgIpc) is 3.35. The smallest absolute Gasteiger partial charge is 0.231 e. The van der Waals surface area contributed by atoms with E-state index in [4.69, 9.17) is 14.2 Å². The van der Waals surface area contributed by atoms with Gasteiger partial charge in [0.25, 0.3) is 0 Å². The molecule has 1 heterocycles. The second kappa shape index (κ2) is 11.3. The summed E-state index contributed by atoms with van der Waals surface area (Å²) in [5, 5.41) is 20.1. The molecule has 3 aromatic rings. The number of ether oxygens (including phenoxy) is 3. The van der Waals surface area contributed by atoms with Crippen LogP contribution in [0.1, 0.15) is 37.0 Å². The number of likely N-dealkylation sites (N-methyl/N-ethyl adjacent to an activating group) is 1. The molecule has 0 spiro atoms. The first-order valence-corrected chi connectivity index (χ1v) is 12.0. The van der Waals surface area contributed by atoms with E-state index in [0.717, 1.165) is 52.3 Å². The predicted octanol–water partition coefficient (Wildman–Crippen LogP) is 5.18. The quantitative estimate of drug-likeness (QED) is 0.394. The van der Waals surface area contributed by atoms with E-state index >= 15 is 0 Å². The van der Waals surface area contributed by atoms with Gasteiger partial charge in [-0.1, -0.05) is 44.2 Å². The van der Waals surface area contributed by atoms with Crippen LogP contribution in [-0.2, 0) is 0 Å². The Morgan fingerprint density at radius 1 is 0.914 bits per heavy atom. The van der Waals surface area contributed by atoms with E-state index in [1.807, 2.05) is 60.5 Å². The number of aromatic hydroxyl groups is 1. The lowest BCUT2D eigenvalue weighted by atomic mass is 9.88. The Hall–Kier alpha value is -3.48. The van der Waals surface area contributed by atoms with Gasteiger partial charge in [-0.3, -0.25) is 0 Å². The second-order valence-corrected chi connectivity index (χ2v) is 8.67. The van der Waals surface area contributed by atoms with Crippen LogP contribution in [0.25, 0.3) is 11.1 Å². The molecule has 1 aliphatic rings. The summed E-state index contributed by atoms with van der Waals surface area (Å²) in [6.07, 6.45) is 0.246. The van der Waals surface area contributed by atoms with Crippen molar-refractivity contribution in [2.75, 3.05) is 33.5 Å². The van der Waals surface area contributed by atoms with Crippen LogP contribution in [0.5, 0.6) is 23.0 Å². The Morgan fingerprint density at radius 3 is 2.20 bits per heavy atom. The average molecular weight is 476 g/mol. The van der Waals surface area contributed by atoms with Crippen molar-refractivity contribution in [1.82, 2.24) is 4.90 Å². The molecule has 4 rings (SSSR count). The van der Waals surface area contributed by atoms with Gasteiger partial charge >= 0.3 is 0 Å². The minimum atomic E-state index is -0.551. The van der Waals surface area contributed by atoms with Crippen molar-refractivity contribution in [3.63, 3.8) is 0 Å². The fourth-order valence-electron chi connectivity index (χ4n) is 4.20. The van der Waals surface area contributed by atoms with Gasteiger partial charge < -0.3 is 29.3 Å². The molecule has 1 aliphatic heterocycles. The summed E-state index contributed by atoms with van der Waals surface area (Å²) in [5.74, 6) is 2.43. The van der Waals surface area contributed by atoms with Crippen LogP contribution < -0.4 is 14.2 Å². The minimum Gasteiger partial charge on any atom is -0.508 e. The number of benzene rings is 3. The monoisotopic (exact) mass is 475 g/mol. The normalized spacial score (nSPS) is 14.1. The van der Waals surface area contributed by atoms with Gasteiger partial charge in [-0.2, -0.15) is 0 Å². The maximum absolute atomic E-state index is 10.2. The highest BCUT2D eigenvalue weighted by molar-refractivity contribution is 5.99. The van der Waals surface area contributed by atoms with Crippen molar-refractivity contribution in [3.8, 4) is 23.0 Å². The van der Waals surface area contributed by atoms with Gasteiger partial charge in [0.2, 0.25) is 6.79 Å². The maximum Gasteiger partial charge on any atom is 0.231 e. The largest absolute Gasteiger partial charge is 0.508 e. The highest BCUT2D eigenvalue weighted by atomic mass is 16.7. The summed E-state index contributed by atoms with van der Waals surface area (Å²) in [7, 11) is 1.97. The topological polar surface area (TPSA) is 71.4 Å². The minimum absolute atomic E-state index is 0.227. The Labute approximate surface area is 207 Å². The van der Waals surface area contributed by atoms with Gasteiger partial charge in [0.15, 0.2) is 11.5 Å². The molecule has 1 atom stereocenters. The molecule has 0 fully saturated rings. The van der Waals surface area contributed by atoms with E-state index in [-0.39, 0.29) is 19.1 Å². The molecule has 6 nitrogen and oxygen atoms in total. The molecule has 6 heteroatoms. The number of aliphatic hydroxyl groups excluding tert-OH is 1. The molecule has 0 saturated carbocycles. The zero-order valence-electron chi connectivity index (χ0n) is 20.5. The van der Waals surface area contributed by atoms with E-state index in [1.54, 1.807) is 12.1 Å². The van der Waals surface area contributed by atoms with Gasteiger partial charge in [0.1, 0.15) is 24.2 Å². The summed E-state index contributed by atoms with van der Waals surface area (Å²) in [5.41, 5.74) is 5.32. The van der Waals surface area contributed by atoms with Crippen LogP contribution in [0.2, 0.25) is 0 Å². The highest BCUT2D eigenvalue weighted by Crippen LogP contribution is 2.40. The van der Waals surface area contributed by atoms with Crippen molar-refractivity contribution in [3.05, 3.63) is 83.4 Å². The molecular weight excluding hydrogens is 442 g/mol. The molecule has 0 saturated heterocycles. The number of phenols is 1. The third-order valence-corrected chi connectivity index (χ3v) is 6.18. The fraction of sp³-hybridized carbons (Fsp3) is 0.310. The number of allylic oxidation sites excluding steroid dienone is 1. The summed E-state index contributed by atoms with van der Waals surface area (Å²) in [6.45, 7) is 6.10. The summed E-state index contributed by atoms with van der Waals surface area (Å²) >= 11 is 0. The van der Waals surface area contributed by atoms with Crippen molar-refractivity contribution in [2.45, 2.75) is 26.4 Å². The Balaban J connectivity index is 1.66.